The zero-order chi connectivity index (χ0) is 19.5. The molecule has 1 fully saturated rings. The zero-order valence-electron chi connectivity index (χ0n) is 15.7. The second-order valence-corrected chi connectivity index (χ2v) is 9.20. The van der Waals surface area contributed by atoms with Crippen molar-refractivity contribution in [3.05, 3.63) is 29.8 Å². The average molecular weight is 381 g/mol. The summed E-state index contributed by atoms with van der Waals surface area (Å²) >= 11 is 0. The van der Waals surface area contributed by atoms with E-state index >= 15 is 0 Å². The predicted octanol–water partition coefficient (Wildman–Crippen LogP) is 1.31. The Balaban J connectivity index is 2.06. The maximum Gasteiger partial charge on any atom is 0.253 e. The summed E-state index contributed by atoms with van der Waals surface area (Å²) in [7, 11) is -0.675. The van der Waals surface area contributed by atoms with Gasteiger partial charge >= 0.3 is 0 Å². The number of sulfonamides is 1. The predicted molar refractivity (Wildman–Crippen MR) is 99.2 cm³/mol. The largest absolute Gasteiger partial charge is 0.354 e. The van der Waals surface area contributed by atoms with Gasteiger partial charge in [0.15, 0.2) is 0 Å². The van der Waals surface area contributed by atoms with Gasteiger partial charge in [-0.15, -0.1) is 0 Å². The van der Waals surface area contributed by atoms with Crippen molar-refractivity contribution in [1.82, 2.24) is 14.5 Å². The van der Waals surface area contributed by atoms with Crippen molar-refractivity contribution in [2.45, 2.75) is 37.6 Å². The molecule has 1 aliphatic rings. The van der Waals surface area contributed by atoms with E-state index in [0.29, 0.717) is 31.5 Å². The molecule has 144 valence electrons. The summed E-state index contributed by atoms with van der Waals surface area (Å²) in [5.74, 6) is -0.253. The van der Waals surface area contributed by atoms with E-state index in [1.54, 1.807) is 17.0 Å². The van der Waals surface area contributed by atoms with Crippen molar-refractivity contribution in [3.8, 4) is 0 Å². The molecule has 0 saturated carbocycles. The minimum atomic E-state index is -3.59. The summed E-state index contributed by atoms with van der Waals surface area (Å²) < 4.78 is 25.6. The zero-order valence-corrected chi connectivity index (χ0v) is 16.5. The van der Waals surface area contributed by atoms with E-state index in [1.807, 2.05) is 13.8 Å². The second-order valence-electron chi connectivity index (χ2n) is 7.05. The Morgan fingerprint density at radius 2 is 1.81 bits per heavy atom. The van der Waals surface area contributed by atoms with Crippen LogP contribution in [0.3, 0.4) is 0 Å². The number of benzene rings is 1. The van der Waals surface area contributed by atoms with Gasteiger partial charge in [0.2, 0.25) is 15.9 Å². The first kappa shape index (κ1) is 20.4. The number of carbonyl (C=O) groups excluding carboxylic acids is 2. The van der Waals surface area contributed by atoms with Crippen molar-refractivity contribution in [3.63, 3.8) is 0 Å². The molecule has 1 N–H and O–H groups in total. The Hall–Kier alpha value is -1.93. The number of nitrogens with zero attached hydrogens (tertiary/aromatic N) is 2. The van der Waals surface area contributed by atoms with Crippen LogP contribution in [0, 0.1) is 5.92 Å². The van der Waals surface area contributed by atoms with Gasteiger partial charge in [0.05, 0.1) is 4.90 Å². The fraction of sp³-hybridized carbons (Fsp3) is 0.556. The Morgan fingerprint density at radius 1 is 1.19 bits per heavy atom. The molecule has 0 bridgehead atoms. The third-order valence-corrected chi connectivity index (χ3v) is 6.25. The topological polar surface area (TPSA) is 86.8 Å². The van der Waals surface area contributed by atoms with Crippen molar-refractivity contribution in [2.75, 3.05) is 27.2 Å². The molecule has 1 heterocycles. The Kier molecular flexibility index (Phi) is 6.41. The van der Waals surface area contributed by atoms with Crippen LogP contribution in [0.1, 0.15) is 37.0 Å². The molecule has 7 nitrogen and oxygen atoms in total. The fourth-order valence-electron chi connectivity index (χ4n) is 2.93. The Labute approximate surface area is 155 Å². The maximum atomic E-state index is 12.7. The molecule has 1 aromatic rings. The van der Waals surface area contributed by atoms with Crippen LogP contribution in [0.15, 0.2) is 29.2 Å². The van der Waals surface area contributed by atoms with E-state index in [1.165, 1.54) is 26.2 Å². The molecule has 1 saturated heterocycles. The van der Waals surface area contributed by atoms with E-state index < -0.39 is 10.0 Å². The van der Waals surface area contributed by atoms with Gasteiger partial charge in [-0.1, -0.05) is 6.07 Å². The molecule has 2 rings (SSSR count). The molecular weight excluding hydrogens is 354 g/mol. The van der Waals surface area contributed by atoms with Gasteiger partial charge in [-0.25, -0.2) is 12.7 Å². The molecule has 0 aromatic heterocycles. The smallest absolute Gasteiger partial charge is 0.253 e. The van der Waals surface area contributed by atoms with E-state index in [0.717, 1.165) is 4.31 Å². The third kappa shape index (κ3) is 4.62. The molecule has 26 heavy (non-hydrogen) atoms. The molecule has 0 spiro atoms. The molecule has 0 atom stereocenters. The third-order valence-electron chi connectivity index (χ3n) is 4.44. The average Bonchev–Trinajstić information content (AvgIpc) is 2.60. The Morgan fingerprint density at radius 3 is 2.35 bits per heavy atom. The van der Waals surface area contributed by atoms with E-state index in [4.69, 9.17) is 0 Å². The first-order valence-corrected chi connectivity index (χ1v) is 10.2. The highest BCUT2D eigenvalue weighted by molar-refractivity contribution is 7.89. The maximum absolute atomic E-state index is 12.7. The van der Waals surface area contributed by atoms with Crippen LogP contribution in [0.2, 0.25) is 0 Å². The minimum Gasteiger partial charge on any atom is -0.354 e. The summed E-state index contributed by atoms with van der Waals surface area (Å²) in [6.07, 6.45) is 1.22. The Bertz CT molecular complexity index is 766. The number of rotatable bonds is 5. The van der Waals surface area contributed by atoms with Crippen LogP contribution in [0.25, 0.3) is 0 Å². The number of carbonyl (C=O) groups is 2. The monoisotopic (exact) mass is 381 g/mol. The summed E-state index contributed by atoms with van der Waals surface area (Å²) in [6.45, 7) is 4.82. The summed E-state index contributed by atoms with van der Waals surface area (Å²) in [5, 5.41) is 2.91. The molecular formula is C18H27N3O4S. The first-order valence-electron chi connectivity index (χ1n) is 8.75. The van der Waals surface area contributed by atoms with Gasteiger partial charge in [0, 0.05) is 44.7 Å². The lowest BCUT2D eigenvalue weighted by Gasteiger charge is -2.31. The molecule has 0 aliphatic carbocycles. The van der Waals surface area contributed by atoms with Crippen LogP contribution in [0.5, 0.6) is 0 Å². The summed E-state index contributed by atoms with van der Waals surface area (Å²) in [5.41, 5.74) is 0.345. The highest BCUT2D eigenvalue weighted by atomic mass is 32.2. The van der Waals surface area contributed by atoms with Gasteiger partial charge in [-0.05, 0) is 44.9 Å². The van der Waals surface area contributed by atoms with Crippen LogP contribution < -0.4 is 5.32 Å². The lowest BCUT2D eigenvalue weighted by molar-refractivity contribution is -0.126. The van der Waals surface area contributed by atoms with Crippen molar-refractivity contribution >= 4 is 21.8 Å². The molecule has 8 heteroatoms. The minimum absolute atomic E-state index is 0.0335. The number of piperidine rings is 1. The molecule has 2 amide bonds. The normalized spacial score (nSPS) is 16.2. The van der Waals surface area contributed by atoms with Crippen molar-refractivity contribution in [2.24, 2.45) is 5.92 Å². The van der Waals surface area contributed by atoms with Crippen molar-refractivity contribution < 1.29 is 18.0 Å². The van der Waals surface area contributed by atoms with E-state index in [9.17, 15) is 18.0 Å². The number of amides is 2. The number of nitrogens with one attached hydrogen (secondary N) is 1. The molecule has 1 aliphatic heterocycles. The molecule has 0 radical (unpaired) electrons. The van der Waals surface area contributed by atoms with Gasteiger partial charge in [0.25, 0.3) is 5.91 Å². The fourth-order valence-corrected chi connectivity index (χ4v) is 3.88. The van der Waals surface area contributed by atoms with Gasteiger partial charge in [-0.3, -0.25) is 9.59 Å². The summed E-state index contributed by atoms with van der Waals surface area (Å²) in [4.78, 5) is 26.6. The standard InChI is InChI=1S/C18H27N3O4S/c1-13(2)19-17(22)14-8-10-21(11-9-14)18(23)15-6-5-7-16(12-15)26(24,25)20(3)4/h5-7,12-14H,8-11H2,1-4H3,(H,19,22). The van der Waals surface area contributed by atoms with E-state index in [2.05, 4.69) is 5.32 Å². The highest BCUT2D eigenvalue weighted by Crippen LogP contribution is 2.21. The number of likely N-dealkylation sites (tertiary alicyclic amines) is 1. The van der Waals surface area contributed by atoms with Gasteiger partial charge in [-0.2, -0.15) is 0 Å². The highest BCUT2D eigenvalue weighted by Gasteiger charge is 2.28. The second kappa shape index (κ2) is 8.18. The van der Waals surface area contributed by atoms with Crippen LogP contribution in [0.4, 0.5) is 0 Å². The van der Waals surface area contributed by atoms with Crippen molar-refractivity contribution in [1.29, 1.82) is 0 Å². The van der Waals surface area contributed by atoms with Gasteiger partial charge in [0.1, 0.15) is 0 Å². The van der Waals surface area contributed by atoms with Crippen LogP contribution in [-0.4, -0.2) is 62.7 Å². The SMILES string of the molecule is CC(C)NC(=O)C1CCN(C(=O)c2cccc(S(=O)(=O)N(C)C)c2)CC1. The quantitative estimate of drug-likeness (QED) is 0.833. The first-order chi connectivity index (χ1) is 12.1. The van der Waals surface area contributed by atoms with E-state index in [-0.39, 0.29) is 28.7 Å². The number of hydrogen-bond donors (Lipinski definition) is 1. The lowest BCUT2D eigenvalue weighted by Crippen LogP contribution is -2.44. The lowest BCUT2D eigenvalue weighted by atomic mass is 9.95. The molecule has 1 aromatic carbocycles. The summed E-state index contributed by atoms with van der Waals surface area (Å²) in [6, 6.07) is 6.19. The van der Waals surface area contributed by atoms with Crippen LogP contribution in [-0.2, 0) is 14.8 Å². The molecule has 0 unspecified atom stereocenters. The van der Waals surface area contributed by atoms with Gasteiger partial charge < -0.3 is 10.2 Å². The van der Waals surface area contributed by atoms with Crippen LogP contribution >= 0.6 is 0 Å². The number of hydrogen-bond acceptors (Lipinski definition) is 4.